The zero-order valence-electron chi connectivity index (χ0n) is 22.8. The summed E-state index contributed by atoms with van der Waals surface area (Å²) in [4.78, 5) is 25.1. The van der Waals surface area contributed by atoms with Crippen LogP contribution in [0.5, 0.6) is 11.5 Å². The van der Waals surface area contributed by atoms with Crippen molar-refractivity contribution < 1.29 is 19.1 Å². The first-order valence-corrected chi connectivity index (χ1v) is 12.7. The average molecular weight is 503 g/mol. The van der Waals surface area contributed by atoms with Gasteiger partial charge in [0.15, 0.2) is 11.5 Å². The first-order chi connectivity index (χ1) is 18.0. The molecule has 0 atom stereocenters. The summed E-state index contributed by atoms with van der Waals surface area (Å²) >= 11 is 0. The van der Waals surface area contributed by atoms with Gasteiger partial charge in [-0.25, -0.2) is 4.79 Å². The molecular formula is C31H38N2O4. The highest BCUT2D eigenvalue weighted by Crippen LogP contribution is 2.30. The van der Waals surface area contributed by atoms with Crippen LogP contribution in [0.4, 0.5) is 0 Å². The smallest absolute Gasteiger partial charge is 0.339 e. The summed E-state index contributed by atoms with van der Waals surface area (Å²) in [6.07, 6.45) is 9.51. The summed E-state index contributed by atoms with van der Waals surface area (Å²) in [6.45, 7) is 10.3. The zero-order chi connectivity index (χ0) is 27.6. The van der Waals surface area contributed by atoms with Gasteiger partial charge in [0.1, 0.15) is 11.6 Å². The predicted octanol–water partition coefficient (Wildman–Crippen LogP) is 6.85. The van der Waals surface area contributed by atoms with Gasteiger partial charge in [-0.15, -0.1) is 0 Å². The van der Waals surface area contributed by atoms with Gasteiger partial charge in [0.2, 0.25) is 0 Å². The van der Waals surface area contributed by atoms with Crippen LogP contribution in [-0.2, 0) is 16.1 Å². The summed E-state index contributed by atoms with van der Waals surface area (Å²) in [5, 5.41) is 12.3. The molecule has 1 amide bonds. The summed E-state index contributed by atoms with van der Waals surface area (Å²) in [5.74, 6) is -0.324. The zero-order valence-corrected chi connectivity index (χ0v) is 22.8. The first kappa shape index (κ1) is 30.9. The number of carbonyl (C=O) groups is 2. The van der Waals surface area contributed by atoms with E-state index in [1.807, 2.05) is 77.1 Å². The summed E-state index contributed by atoms with van der Waals surface area (Å²) in [6, 6.07) is 14.6. The second kappa shape index (κ2) is 17.3. The van der Waals surface area contributed by atoms with Crippen LogP contribution in [0.3, 0.4) is 0 Å². The third kappa shape index (κ3) is 10.2. The van der Waals surface area contributed by atoms with Crippen molar-refractivity contribution in [3.05, 3.63) is 88.5 Å². The summed E-state index contributed by atoms with van der Waals surface area (Å²) < 4.78 is 10.9. The Bertz CT molecular complexity index is 1150. The van der Waals surface area contributed by atoms with E-state index in [4.69, 9.17) is 9.47 Å². The molecule has 196 valence electrons. The molecule has 0 radical (unpaired) electrons. The van der Waals surface area contributed by atoms with Crippen LogP contribution in [0.2, 0.25) is 0 Å². The Morgan fingerprint density at radius 1 is 1.05 bits per heavy atom. The molecular weight excluding hydrogens is 464 g/mol. The number of aryl methyl sites for hydroxylation is 1. The van der Waals surface area contributed by atoms with Crippen molar-refractivity contribution in [3.63, 3.8) is 0 Å². The van der Waals surface area contributed by atoms with Crippen LogP contribution in [0.1, 0.15) is 63.6 Å². The Hall–Kier alpha value is -4.11. The molecule has 0 unspecified atom stereocenters. The lowest BCUT2D eigenvalue weighted by Crippen LogP contribution is -2.23. The second-order valence-electron chi connectivity index (χ2n) is 7.65. The van der Waals surface area contributed by atoms with E-state index < -0.39 is 11.9 Å². The monoisotopic (exact) mass is 502 g/mol. The maximum atomic E-state index is 12.6. The number of esters is 1. The van der Waals surface area contributed by atoms with E-state index >= 15 is 0 Å². The molecule has 0 aromatic heterocycles. The van der Waals surface area contributed by atoms with E-state index in [2.05, 4.69) is 5.32 Å². The third-order valence-corrected chi connectivity index (χ3v) is 5.15. The molecule has 1 aliphatic rings. The van der Waals surface area contributed by atoms with Gasteiger partial charge >= 0.3 is 5.97 Å². The van der Waals surface area contributed by atoms with Crippen molar-refractivity contribution in [2.24, 2.45) is 0 Å². The third-order valence-electron chi connectivity index (χ3n) is 5.15. The van der Waals surface area contributed by atoms with E-state index in [9.17, 15) is 14.9 Å². The van der Waals surface area contributed by atoms with E-state index in [1.165, 1.54) is 13.2 Å². The van der Waals surface area contributed by atoms with Crippen LogP contribution < -0.4 is 14.8 Å². The van der Waals surface area contributed by atoms with Crippen molar-refractivity contribution in [2.75, 3.05) is 7.11 Å². The lowest BCUT2D eigenvalue weighted by atomic mass is 10.1. The van der Waals surface area contributed by atoms with Crippen LogP contribution in [0.25, 0.3) is 6.08 Å². The van der Waals surface area contributed by atoms with Crippen molar-refractivity contribution in [2.45, 2.75) is 60.4 Å². The van der Waals surface area contributed by atoms with Crippen molar-refractivity contribution in [1.82, 2.24) is 5.32 Å². The van der Waals surface area contributed by atoms with E-state index in [0.717, 1.165) is 24.0 Å². The van der Waals surface area contributed by atoms with Crippen LogP contribution in [0, 0.1) is 18.3 Å². The number of allylic oxidation sites excluding steroid dienone is 3. The fourth-order valence-electron chi connectivity index (χ4n) is 3.27. The van der Waals surface area contributed by atoms with Crippen molar-refractivity contribution in [1.29, 1.82) is 5.26 Å². The van der Waals surface area contributed by atoms with Crippen molar-refractivity contribution >= 4 is 18.0 Å². The number of nitrogens with zero attached hydrogens (tertiary/aromatic N) is 1. The van der Waals surface area contributed by atoms with Gasteiger partial charge in [-0.2, -0.15) is 5.26 Å². The summed E-state index contributed by atoms with van der Waals surface area (Å²) in [7, 11) is 1.48. The highest BCUT2D eigenvalue weighted by Gasteiger charge is 2.16. The maximum absolute atomic E-state index is 12.6. The summed E-state index contributed by atoms with van der Waals surface area (Å²) in [5.41, 5.74) is 3.13. The standard InChI is InChI=1S/C27H26N2O4.2C2H6/c1-19-9-11-20(12-10-19)18-29-26(30)23(17-28)15-21-13-14-24(32-2)25(16-21)33-27(31)22-7-5-3-4-6-8-22;2*1-2/h3,5,7,9-16H,4,6,8,18H2,1-2H3,(H,29,30);2*1-2H3/b23-15+;;. The second-order valence-corrected chi connectivity index (χ2v) is 7.65. The predicted molar refractivity (Wildman–Crippen MR) is 149 cm³/mol. The Labute approximate surface area is 221 Å². The molecule has 0 bridgehead atoms. The molecule has 1 N–H and O–H groups in total. The van der Waals surface area contributed by atoms with Gasteiger partial charge in [0.05, 0.1) is 7.11 Å². The SMILES string of the molecule is CC.CC.COc1ccc(/C=C(\C#N)C(=O)NCc2ccc(C)cc2)cc1OC(=O)C1=CC=CCCC1. The van der Waals surface area contributed by atoms with Gasteiger partial charge in [0, 0.05) is 12.1 Å². The molecule has 0 aliphatic heterocycles. The lowest BCUT2D eigenvalue weighted by molar-refractivity contribution is -0.130. The van der Waals surface area contributed by atoms with Gasteiger partial charge < -0.3 is 14.8 Å². The molecule has 0 saturated carbocycles. The Balaban J connectivity index is 0.00000163. The van der Waals surface area contributed by atoms with E-state index in [-0.39, 0.29) is 11.3 Å². The van der Waals surface area contributed by atoms with E-state index in [0.29, 0.717) is 29.9 Å². The molecule has 6 nitrogen and oxygen atoms in total. The number of methoxy groups -OCH3 is 1. The van der Waals surface area contributed by atoms with Gasteiger partial charge in [-0.05, 0) is 55.5 Å². The van der Waals surface area contributed by atoms with Crippen molar-refractivity contribution in [3.8, 4) is 17.6 Å². The maximum Gasteiger partial charge on any atom is 0.339 e. The molecule has 2 aromatic rings. The fraction of sp³-hybridized carbons (Fsp3) is 0.323. The molecule has 37 heavy (non-hydrogen) atoms. The van der Waals surface area contributed by atoms with Crippen LogP contribution in [0.15, 0.2) is 71.8 Å². The highest BCUT2D eigenvalue weighted by molar-refractivity contribution is 6.01. The lowest BCUT2D eigenvalue weighted by Gasteiger charge is -2.11. The number of nitrogens with one attached hydrogen (secondary N) is 1. The molecule has 0 spiro atoms. The van der Waals surface area contributed by atoms with Gasteiger partial charge in [0.25, 0.3) is 5.91 Å². The number of amides is 1. The quantitative estimate of drug-likeness (QED) is 0.194. The Kier molecular flexibility index (Phi) is 14.5. The molecule has 2 aromatic carbocycles. The minimum Gasteiger partial charge on any atom is -0.493 e. The Morgan fingerprint density at radius 3 is 2.41 bits per heavy atom. The molecule has 0 fully saturated rings. The number of carbonyl (C=O) groups excluding carboxylic acids is 2. The number of rotatable bonds is 7. The Morgan fingerprint density at radius 2 is 1.76 bits per heavy atom. The molecule has 0 heterocycles. The van der Waals surface area contributed by atoms with Crippen LogP contribution >= 0.6 is 0 Å². The normalized spacial score (nSPS) is 12.2. The highest BCUT2D eigenvalue weighted by atomic mass is 16.6. The topological polar surface area (TPSA) is 88.4 Å². The van der Waals surface area contributed by atoms with E-state index in [1.54, 1.807) is 24.3 Å². The molecule has 6 heteroatoms. The average Bonchev–Trinajstić information content (AvgIpc) is 3.23. The molecule has 0 saturated heterocycles. The first-order valence-electron chi connectivity index (χ1n) is 12.7. The van der Waals surface area contributed by atoms with Gasteiger partial charge in [-0.1, -0.05) is 81.8 Å². The number of hydrogen-bond donors (Lipinski definition) is 1. The molecule has 1 aliphatic carbocycles. The van der Waals surface area contributed by atoms with Gasteiger partial charge in [-0.3, -0.25) is 4.79 Å². The largest absolute Gasteiger partial charge is 0.493 e. The fourth-order valence-corrected chi connectivity index (χ4v) is 3.27. The number of nitriles is 1. The number of hydrogen-bond acceptors (Lipinski definition) is 5. The minimum atomic E-state index is -0.483. The van der Waals surface area contributed by atoms with Crippen LogP contribution in [-0.4, -0.2) is 19.0 Å². The molecule has 3 rings (SSSR count). The number of ether oxygens (including phenoxy) is 2. The minimum absolute atomic E-state index is 0.0545. The number of benzene rings is 2.